The smallest absolute Gasteiger partial charge is 0.303 e. The van der Waals surface area contributed by atoms with E-state index in [1.165, 1.54) is 12.1 Å². The van der Waals surface area contributed by atoms with Crippen LogP contribution in [-0.2, 0) is 4.79 Å². The lowest BCUT2D eigenvalue weighted by molar-refractivity contribution is -0.137. The highest BCUT2D eigenvalue weighted by atomic mass is 19.1. The van der Waals surface area contributed by atoms with Crippen molar-refractivity contribution in [1.29, 1.82) is 0 Å². The molecule has 2 atom stereocenters. The minimum absolute atomic E-state index is 0.107. The Balaban J connectivity index is 1.73. The van der Waals surface area contributed by atoms with Crippen molar-refractivity contribution >= 4 is 11.9 Å². The predicted molar refractivity (Wildman–Crippen MR) is 105 cm³/mol. The number of carboxylic acid groups (broad SMARTS) is 1. The molecule has 6 nitrogen and oxygen atoms in total. The molecule has 0 aliphatic carbocycles. The first-order valence-electron chi connectivity index (χ1n) is 10.0. The largest absolute Gasteiger partial charge is 0.481 e. The fourth-order valence-electron chi connectivity index (χ4n) is 4.43. The number of nitrogens with zero attached hydrogens (tertiary/aromatic N) is 3. The lowest BCUT2D eigenvalue weighted by Gasteiger charge is -2.46. The van der Waals surface area contributed by atoms with E-state index in [0.717, 1.165) is 38.2 Å². The molecule has 0 radical (unpaired) electrons. The molecule has 0 bridgehead atoms. The summed E-state index contributed by atoms with van der Waals surface area (Å²) < 4.78 is 13.7. The zero-order valence-electron chi connectivity index (χ0n) is 16.7. The number of carboxylic acids is 1. The van der Waals surface area contributed by atoms with E-state index in [2.05, 4.69) is 16.8 Å². The van der Waals surface area contributed by atoms with Crippen LogP contribution in [0.1, 0.15) is 35.2 Å². The summed E-state index contributed by atoms with van der Waals surface area (Å²) in [6.07, 6.45) is 1.49. The molecular weight excluding hydrogens is 361 g/mol. The normalized spacial score (nSPS) is 24.3. The van der Waals surface area contributed by atoms with Crippen LogP contribution in [0.5, 0.6) is 0 Å². The summed E-state index contributed by atoms with van der Waals surface area (Å²) in [7, 11) is 2.11. The Labute approximate surface area is 165 Å². The number of halogens is 1. The van der Waals surface area contributed by atoms with Gasteiger partial charge in [-0.25, -0.2) is 4.39 Å². The summed E-state index contributed by atoms with van der Waals surface area (Å²) in [5.41, 5.74) is 1.16. The number of carbonyl (C=O) groups excluding carboxylic acids is 1. The number of aryl methyl sites for hydroxylation is 1. The van der Waals surface area contributed by atoms with Crippen LogP contribution >= 0.6 is 0 Å². The average Bonchev–Trinajstić information content (AvgIpc) is 2.68. The Morgan fingerprint density at radius 3 is 2.57 bits per heavy atom. The maximum absolute atomic E-state index is 13.7. The number of benzene rings is 1. The molecule has 28 heavy (non-hydrogen) atoms. The molecule has 1 aromatic carbocycles. The summed E-state index contributed by atoms with van der Waals surface area (Å²) in [6.45, 7) is 6.92. The third-order valence-corrected chi connectivity index (χ3v) is 6.15. The number of piperidine rings is 1. The Morgan fingerprint density at radius 2 is 1.89 bits per heavy atom. The molecule has 0 aromatic heterocycles. The van der Waals surface area contributed by atoms with Crippen molar-refractivity contribution in [3.63, 3.8) is 0 Å². The van der Waals surface area contributed by atoms with E-state index in [0.29, 0.717) is 31.1 Å². The predicted octanol–water partition coefficient (Wildman–Crippen LogP) is 2.08. The van der Waals surface area contributed by atoms with Gasteiger partial charge in [-0.05, 0) is 50.4 Å². The zero-order valence-corrected chi connectivity index (χ0v) is 16.7. The average molecular weight is 391 g/mol. The summed E-state index contributed by atoms with van der Waals surface area (Å²) in [6, 6.07) is 4.59. The maximum atomic E-state index is 13.7. The summed E-state index contributed by atoms with van der Waals surface area (Å²) in [5, 5.41) is 9.15. The highest BCUT2D eigenvalue weighted by molar-refractivity contribution is 5.95. The number of rotatable bonds is 5. The third-order valence-electron chi connectivity index (χ3n) is 6.15. The van der Waals surface area contributed by atoms with Crippen LogP contribution in [0.4, 0.5) is 4.39 Å². The van der Waals surface area contributed by atoms with Crippen molar-refractivity contribution in [2.24, 2.45) is 5.92 Å². The number of amides is 1. The van der Waals surface area contributed by atoms with E-state index in [9.17, 15) is 14.0 Å². The topological polar surface area (TPSA) is 64.1 Å². The molecular formula is C21H30FN3O3. The molecule has 154 valence electrons. The summed E-state index contributed by atoms with van der Waals surface area (Å²) in [4.78, 5) is 30.7. The molecule has 0 spiro atoms. The van der Waals surface area contributed by atoms with Crippen LogP contribution in [0.3, 0.4) is 0 Å². The van der Waals surface area contributed by atoms with Crippen LogP contribution in [0.15, 0.2) is 18.2 Å². The fraction of sp³-hybridized carbons (Fsp3) is 0.619. The van der Waals surface area contributed by atoms with E-state index in [4.69, 9.17) is 5.11 Å². The van der Waals surface area contributed by atoms with Gasteiger partial charge < -0.3 is 14.9 Å². The Bertz CT molecular complexity index is 719. The zero-order chi connectivity index (χ0) is 20.3. The van der Waals surface area contributed by atoms with Crippen molar-refractivity contribution in [2.75, 3.05) is 46.3 Å². The highest BCUT2D eigenvalue weighted by Gasteiger charge is 2.36. The second-order valence-electron chi connectivity index (χ2n) is 8.10. The van der Waals surface area contributed by atoms with Crippen LogP contribution < -0.4 is 0 Å². The molecule has 2 fully saturated rings. The van der Waals surface area contributed by atoms with Crippen molar-refractivity contribution in [1.82, 2.24) is 14.7 Å². The minimum atomic E-state index is -0.804. The second kappa shape index (κ2) is 9.01. The first-order chi connectivity index (χ1) is 13.3. The molecule has 7 heteroatoms. The highest BCUT2D eigenvalue weighted by Crippen LogP contribution is 2.28. The monoisotopic (exact) mass is 391 g/mol. The van der Waals surface area contributed by atoms with Gasteiger partial charge in [0.25, 0.3) is 5.91 Å². The van der Waals surface area contributed by atoms with Crippen LogP contribution in [-0.4, -0.2) is 84.0 Å². The third kappa shape index (κ3) is 4.89. The van der Waals surface area contributed by atoms with Gasteiger partial charge >= 0.3 is 5.97 Å². The molecule has 1 aromatic rings. The molecule has 2 saturated heterocycles. The molecule has 2 heterocycles. The Morgan fingerprint density at radius 1 is 1.18 bits per heavy atom. The number of hydrogen-bond donors (Lipinski definition) is 1. The van der Waals surface area contributed by atoms with Gasteiger partial charge in [0, 0.05) is 57.3 Å². The summed E-state index contributed by atoms with van der Waals surface area (Å²) >= 11 is 0. The van der Waals surface area contributed by atoms with Gasteiger partial charge in [-0.1, -0.05) is 6.07 Å². The van der Waals surface area contributed by atoms with E-state index in [-0.39, 0.29) is 18.2 Å². The van der Waals surface area contributed by atoms with Gasteiger partial charge in [0.2, 0.25) is 0 Å². The Kier molecular flexibility index (Phi) is 6.67. The molecule has 1 amide bonds. The molecule has 2 aliphatic rings. The van der Waals surface area contributed by atoms with Gasteiger partial charge in [0.15, 0.2) is 0 Å². The summed E-state index contributed by atoms with van der Waals surface area (Å²) in [5.74, 6) is -1.26. The lowest BCUT2D eigenvalue weighted by Crippen LogP contribution is -2.57. The van der Waals surface area contributed by atoms with Crippen molar-refractivity contribution in [3.8, 4) is 0 Å². The number of hydrogen-bond acceptors (Lipinski definition) is 4. The van der Waals surface area contributed by atoms with Crippen molar-refractivity contribution in [3.05, 3.63) is 35.1 Å². The number of carbonyl (C=O) groups is 2. The quantitative estimate of drug-likeness (QED) is 0.833. The number of piperazine rings is 1. The minimum Gasteiger partial charge on any atom is -0.481 e. The number of likely N-dealkylation sites (tertiary alicyclic amines) is 1. The van der Waals surface area contributed by atoms with E-state index in [1.54, 1.807) is 11.0 Å². The van der Waals surface area contributed by atoms with Crippen molar-refractivity contribution in [2.45, 2.75) is 32.2 Å². The first kappa shape index (κ1) is 20.7. The fourth-order valence-corrected chi connectivity index (χ4v) is 4.43. The number of likely N-dealkylation sites (N-methyl/N-ethyl adjacent to an activating group) is 1. The lowest BCUT2D eigenvalue weighted by atomic mass is 9.86. The second-order valence-corrected chi connectivity index (χ2v) is 8.10. The first-order valence-corrected chi connectivity index (χ1v) is 10.0. The Hall–Kier alpha value is -1.99. The number of aliphatic carboxylic acids is 1. The molecule has 0 unspecified atom stereocenters. The van der Waals surface area contributed by atoms with E-state index in [1.807, 2.05) is 6.92 Å². The van der Waals surface area contributed by atoms with Crippen molar-refractivity contribution < 1.29 is 19.1 Å². The van der Waals surface area contributed by atoms with Gasteiger partial charge in [-0.2, -0.15) is 0 Å². The molecule has 0 saturated carbocycles. The van der Waals surface area contributed by atoms with Gasteiger partial charge in [0.1, 0.15) is 5.82 Å². The van der Waals surface area contributed by atoms with Crippen LogP contribution in [0, 0.1) is 18.7 Å². The SMILES string of the molecule is Cc1ccc(F)cc1C(=O)N1CC[C@H](N2CCN(C)CC2)[C@H](CCC(=O)O)C1. The van der Waals surface area contributed by atoms with Gasteiger partial charge in [-0.15, -0.1) is 0 Å². The van der Waals surface area contributed by atoms with Crippen LogP contribution in [0.25, 0.3) is 0 Å². The van der Waals surface area contributed by atoms with Gasteiger partial charge in [-0.3, -0.25) is 14.5 Å². The van der Waals surface area contributed by atoms with E-state index < -0.39 is 11.8 Å². The molecule has 1 N–H and O–H groups in total. The standard InChI is InChI=1S/C21H30FN3O3/c1-15-3-5-17(22)13-18(15)21(28)25-8-7-19(16(14-25)4-6-20(26)27)24-11-9-23(2)10-12-24/h3,5,13,16,19H,4,6-12,14H2,1-2H3,(H,26,27)/t16-,19+/m1/s1. The molecule has 3 rings (SSSR count). The van der Waals surface area contributed by atoms with Crippen LogP contribution in [0.2, 0.25) is 0 Å². The van der Waals surface area contributed by atoms with Gasteiger partial charge in [0.05, 0.1) is 0 Å². The van der Waals surface area contributed by atoms with E-state index >= 15 is 0 Å². The maximum Gasteiger partial charge on any atom is 0.303 e. The molecule has 2 aliphatic heterocycles.